The van der Waals surface area contributed by atoms with Crippen molar-refractivity contribution in [3.8, 4) is 0 Å². The van der Waals surface area contributed by atoms with Crippen molar-refractivity contribution >= 4 is 28.2 Å². The number of H-pyrrole nitrogens is 1. The van der Waals surface area contributed by atoms with E-state index < -0.39 is 0 Å². The van der Waals surface area contributed by atoms with Gasteiger partial charge in [0.05, 0.1) is 0 Å². The summed E-state index contributed by atoms with van der Waals surface area (Å²) in [6.07, 6.45) is 4.46. The van der Waals surface area contributed by atoms with Gasteiger partial charge in [-0.15, -0.1) is 0 Å². The molecule has 3 rings (SSSR count). The number of aromatic amines is 1. The lowest BCUT2D eigenvalue weighted by molar-refractivity contribution is -0.116. The van der Waals surface area contributed by atoms with E-state index in [2.05, 4.69) is 40.0 Å². The molecule has 0 aliphatic heterocycles. The maximum absolute atomic E-state index is 11.6. The smallest absolute Gasteiger partial charge is 0.224 e. The second kappa shape index (κ2) is 7.68. The minimum atomic E-state index is 0.0672. The average molecular weight is 321 g/mol. The van der Waals surface area contributed by atoms with Crippen LogP contribution in [-0.2, 0) is 11.2 Å². The maximum atomic E-state index is 11.6. The molecule has 3 aromatic rings. The Bertz CT molecular complexity index is 805. The van der Waals surface area contributed by atoms with Crippen molar-refractivity contribution in [1.82, 2.24) is 4.98 Å². The van der Waals surface area contributed by atoms with Crippen LogP contribution in [0.2, 0.25) is 0 Å². The molecule has 0 saturated heterocycles. The fourth-order valence-electron chi connectivity index (χ4n) is 2.80. The van der Waals surface area contributed by atoms with Gasteiger partial charge in [-0.2, -0.15) is 0 Å². The summed E-state index contributed by atoms with van der Waals surface area (Å²) in [7, 11) is 0. The van der Waals surface area contributed by atoms with E-state index in [1.165, 1.54) is 16.5 Å². The molecule has 1 amide bonds. The fourth-order valence-corrected chi connectivity index (χ4v) is 2.80. The highest BCUT2D eigenvalue weighted by Crippen LogP contribution is 2.19. The van der Waals surface area contributed by atoms with Crippen molar-refractivity contribution in [3.63, 3.8) is 0 Å². The summed E-state index contributed by atoms with van der Waals surface area (Å²) in [5.41, 5.74) is 4.40. The lowest BCUT2D eigenvalue weighted by Gasteiger charge is -2.08. The Hall–Kier alpha value is -2.75. The number of hydrogen-bond acceptors (Lipinski definition) is 2. The summed E-state index contributed by atoms with van der Waals surface area (Å²) in [5.74, 6) is 0.0672. The topological polar surface area (TPSA) is 56.9 Å². The first-order valence-corrected chi connectivity index (χ1v) is 8.45. The van der Waals surface area contributed by atoms with Gasteiger partial charge >= 0.3 is 0 Å². The van der Waals surface area contributed by atoms with Gasteiger partial charge in [0.15, 0.2) is 0 Å². The summed E-state index contributed by atoms with van der Waals surface area (Å²) in [4.78, 5) is 14.9. The first-order valence-electron chi connectivity index (χ1n) is 8.45. The molecule has 1 heterocycles. The van der Waals surface area contributed by atoms with Crippen LogP contribution in [0.1, 0.15) is 25.3 Å². The summed E-state index contributed by atoms with van der Waals surface area (Å²) >= 11 is 0. The molecule has 0 aliphatic carbocycles. The molecular weight excluding hydrogens is 298 g/mol. The summed E-state index contributed by atoms with van der Waals surface area (Å²) in [6, 6.07) is 16.2. The molecule has 0 fully saturated rings. The molecule has 2 aromatic carbocycles. The van der Waals surface area contributed by atoms with E-state index in [-0.39, 0.29) is 5.91 Å². The molecule has 124 valence electrons. The molecule has 0 spiro atoms. The van der Waals surface area contributed by atoms with E-state index in [1.54, 1.807) is 0 Å². The number of aromatic nitrogens is 1. The van der Waals surface area contributed by atoms with Crippen LogP contribution in [0.25, 0.3) is 10.9 Å². The third-order valence-electron chi connectivity index (χ3n) is 4.04. The van der Waals surface area contributed by atoms with E-state index in [4.69, 9.17) is 0 Å². The summed E-state index contributed by atoms with van der Waals surface area (Å²) in [5, 5.41) is 7.61. The zero-order valence-corrected chi connectivity index (χ0v) is 13.9. The van der Waals surface area contributed by atoms with Gasteiger partial charge in [-0.25, -0.2) is 0 Å². The Morgan fingerprint density at radius 2 is 1.79 bits per heavy atom. The van der Waals surface area contributed by atoms with Crippen molar-refractivity contribution in [2.45, 2.75) is 26.2 Å². The van der Waals surface area contributed by atoms with E-state index >= 15 is 0 Å². The Balaban J connectivity index is 1.52. The molecule has 0 aliphatic rings. The maximum Gasteiger partial charge on any atom is 0.224 e. The predicted molar refractivity (Wildman–Crippen MR) is 100 cm³/mol. The number of nitrogens with one attached hydrogen (secondary N) is 3. The Kier molecular flexibility index (Phi) is 5.16. The second-order valence-electron chi connectivity index (χ2n) is 5.91. The van der Waals surface area contributed by atoms with E-state index in [0.29, 0.717) is 6.42 Å². The zero-order valence-electron chi connectivity index (χ0n) is 13.9. The normalized spacial score (nSPS) is 10.7. The highest BCUT2D eigenvalue weighted by Gasteiger charge is 2.03. The Morgan fingerprint density at radius 1 is 1.04 bits per heavy atom. The number of para-hydroxylation sites is 1. The van der Waals surface area contributed by atoms with Gasteiger partial charge in [-0.05, 0) is 48.7 Å². The monoisotopic (exact) mass is 321 g/mol. The van der Waals surface area contributed by atoms with Crippen LogP contribution in [0, 0.1) is 0 Å². The minimum Gasteiger partial charge on any atom is -0.385 e. The first-order chi connectivity index (χ1) is 11.8. The van der Waals surface area contributed by atoms with Crippen LogP contribution in [0.3, 0.4) is 0 Å². The number of benzene rings is 2. The summed E-state index contributed by atoms with van der Waals surface area (Å²) in [6.45, 7) is 2.86. The lowest BCUT2D eigenvalue weighted by atomic mass is 10.1. The predicted octanol–water partition coefficient (Wildman–Crippen LogP) is 4.56. The Morgan fingerprint density at radius 3 is 2.58 bits per heavy atom. The van der Waals surface area contributed by atoms with Crippen LogP contribution in [0.4, 0.5) is 11.4 Å². The first kappa shape index (κ1) is 16.1. The molecule has 4 nitrogen and oxygen atoms in total. The van der Waals surface area contributed by atoms with Gasteiger partial charge in [0.2, 0.25) is 5.91 Å². The molecule has 0 radical (unpaired) electrons. The number of hydrogen-bond donors (Lipinski definition) is 3. The van der Waals surface area contributed by atoms with Crippen molar-refractivity contribution < 1.29 is 4.79 Å². The van der Waals surface area contributed by atoms with Gasteiger partial charge in [-0.1, -0.05) is 25.1 Å². The van der Waals surface area contributed by atoms with Crippen LogP contribution in [0.5, 0.6) is 0 Å². The van der Waals surface area contributed by atoms with Crippen molar-refractivity contribution in [1.29, 1.82) is 0 Å². The number of rotatable bonds is 7. The fraction of sp³-hybridized carbons (Fsp3) is 0.250. The van der Waals surface area contributed by atoms with Crippen LogP contribution >= 0.6 is 0 Å². The third kappa shape index (κ3) is 3.96. The molecule has 4 heteroatoms. The number of carbonyl (C=O) groups is 1. The van der Waals surface area contributed by atoms with E-state index in [0.717, 1.165) is 30.8 Å². The zero-order chi connectivity index (χ0) is 16.8. The van der Waals surface area contributed by atoms with Crippen LogP contribution in [-0.4, -0.2) is 17.4 Å². The van der Waals surface area contributed by atoms with Crippen LogP contribution in [0.15, 0.2) is 54.7 Å². The van der Waals surface area contributed by atoms with Gasteiger partial charge in [0.25, 0.3) is 0 Å². The second-order valence-corrected chi connectivity index (χ2v) is 5.91. The summed E-state index contributed by atoms with van der Waals surface area (Å²) < 4.78 is 0. The number of carbonyl (C=O) groups excluding carboxylic acids is 1. The molecule has 3 N–H and O–H groups in total. The van der Waals surface area contributed by atoms with Crippen molar-refractivity contribution in [2.24, 2.45) is 0 Å². The molecule has 0 saturated carbocycles. The molecule has 0 atom stereocenters. The van der Waals surface area contributed by atoms with Crippen molar-refractivity contribution in [2.75, 3.05) is 17.2 Å². The molecule has 0 unspecified atom stereocenters. The van der Waals surface area contributed by atoms with Crippen LogP contribution < -0.4 is 10.6 Å². The SMILES string of the molecule is CCCC(=O)Nc1ccc(NCCc2c[nH]c3ccccc23)cc1. The largest absolute Gasteiger partial charge is 0.385 e. The lowest BCUT2D eigenvalue weighted by Crippen LogP contribution is -2.10. The molecule has 1 aromatic heterocycles. The van der Waals surface area contributed by atoms with Gasteiger partial charge in [0.1, 0.15) is 0 Å². The number of amides is 1. The standard InChI is InChI=1S/C20H23N3O/c1-2-5-20(24)23-17-10-8-16(9-11-17)21-13-12-15-14-22-19-7-4-3-6-18(15)19/h3-4,6-11,14,21-22H,2,5,12-13H2,1H3,(H,23,24). The quantitative estimate of drug-likeness (QED) is 0.597. The third-order valence-corrected chi connectivity index (χ3v) is 4.04. The molecular formula is C20H23N3O. The van der Waals surface area contributed by atoms with E-state index in [1.807, 2.05) is 37.3 Å². The van der Waals surface area contributed by atoms with Gasteiger partial charge in [0, 0.05) is 41.4 Å². The van der Waals surface area contributed by atoms with Crippen molar-refractivity contribution in [3.05, 3.63) is 60.3 Å². The Labute approximate surface area is 142 Å². The van der Waals surface area contributed by atoms with Gasteiger partial charge < -0.3 is 15.6 Å². The average Bonchev–Trinajstić information content (AvgIpc) is 3.00. The highest BCUT2D eigenvalue weighted by atomic mass is 16.1. The number of fused-ring (bicyclic) bond motifs is 1. The number of anilines is 2. The molecule has 0 bridgehead atoms. The molecule has 24 heavy (non-hydrogen) atoms. The highest BCUT2D eigenvalue weighted by molar-refractivity contribution is 5.90. The minimum absolute atomic E-state index is 0.0672. The van der Waals surface area contributed by atoms with Gasteiger partial charge in [-0.3, -0.25) is 4.79 Å². The van der Waals surface area contributed by atoms with E-state index in [9.17, 15) is 4.79 Å².